The molecular formula is C22H18Cl2N2O2S. The molecule has 0 fully saturated rings. The molecule has 0 aliphatic carbocycles. The van der Waals surface area contributed by atoms with Crippen molar-refractivity contribution in [2.24, 2.45) is 0 Å². The molecule has 0 radical (unpaired) electrons. The van der Waals surface area contributed by atoms with Crippen molar-refractivity contribution < 1.29 is 9.59 Å². The summed E-state index contributed by atoms with van der Waals surface area (Å²) in [6.07, 6.45) is 0. The molecule has 4 nitrogen and oxygen atoms in total. The van der Waals surface area contributed by atoms with E-state index in [1.165, 1.54) is 11.8 Å². The van der Waals surface area contributed by atoms with Crippen LogP contribution in [0, 0.1) is 6.92 Å². The number of amides is 2. The van der Waals surface area contributed by atoms with Crippen LogP contribution in [0.4, 0.5) is 11.4 Å². The van der Waals surface area contributed by atoms with Crippen molar-refractivity contribution in [3.05, 3.63) is 87.9 Å². The number of thioether (sulfide) groups is 1. The average Bonchev–Trinajstić information content (AvgIpc) is 2.66. The third kappa shape index (κ3) is 6.53. The molecule has 148 valence electrons. The summed E-state index contributed by atoms with van der Waals surface area (Å²) in [7, 11) is 0. The molecule has 0 saturated heterocycles. The summed E-state index contributed by atoms with van der Waals surface area (Å²) in [5.74, 6) is -0.0853. The van der Waals surface area contributed by atoms with Crippen LogP contribution in [0.25, 0.3) is 0 Å². The number of aryl methyl sites for hydroxylation is 1. The molecule has 0 unspecified atom stereocenters. The van der Waals surface area contributed by atoms with Crippen LogP contribution in [0.2, 0.25) is 10.0 Å². The van der Waals surface area contributed by atoms with E-state index < -0.39 is 0 Å². The Kier molecular flexibility index (Phi) is 7.20. The monoisotopic (exact) mass is 444 g/mol. The second-order valence-corrected chi connectivity index (χ2v) is 8.26. The normalized spacial score (nSPS) is 10.4. The van der Waals surface area contributed by atoms with E-state index in [4.69, 9.17) is 23.2 Å². The highest BCUT2D eigenvalue weighted by Gasteiger charge is 2.08. The second-order valence-electron chi connectivity index (χ2n) is 6.34. The fourth-order valence-corrected chi connectivity index (χ4v) is 3.82. The third-order valence-electron chi connectivity index (χ3n) is 3.91. The van der Waals surface area contributed by atoms with E-state index in [-0.39, 0.29) is 17.6 Å². The Morgan fingerprint density at radius 1 is 0.862 bits per heavy atom. The Labute approximate surface area is 183 Å². The van der Waals surface area contributed by atoms with Crippen molar-refractivity contribution in [1.82, 2.24) is 0 Å². The van der Waals surface area contributed by atoms with Crippen molar-refractivity contribution in [2.75, 3.05) is 16.4 Å². The van der Waals surface area contributed by atoms with Gasteiger partial charge in [-0.25, -0.2) is 0 Å². The lowest BCUT2D eigenvalue weighted by atomic mass is 10.1. The number of nitrogens with one attached hydrogen (secondary N) is 2. The maximum absolute atomic E-state index is 12.3. The molecule has 0 atom stereocenters. The van der Waals surface area contributed by atoms with Crippen LogP contribution in [0.15, 0.2) is 71.6 Å². The highest BCUT2D eigenvalue weighted by atomic mass is 35.5. The molecule has 0 heterocycles. The molecule has 0 aromatic heterocycles. The van der Waals surface area contributed by atoms with Crippen LogP contribution in [0.1, 0.15) is 15.9 Å². The summed E-state index contributed by atoms with van der Waals surface area (Å²) in [5.41, 5.74) is 2.89. The summed E-state index contributed by atoms with van der Waals surface area (Å²) in [6, 6.07) is 19.6. The Bertz CT molecular complexity index is 1020. The number of carbonyl (C=O) groups excluding carboxylic acids is 2. The van der Waals surface area contributed by atoms with Crippen molar-refractivity contribution in [3.63, 3.8) is 0 Å². The van der Waals surface area contributed by atoms with Gasteiger partial charge in [-0.15, -0.1) is 11.8 Å². The summed E-state index contributed by atoms with van der Waals surface area (Å²) >= 11 is 13.3. The summed E-state index contributed by atoms with van der Waals surface area (Å²) in [5, 5.41) is 6.56. The topological polar surface area (TPSA) is 58.2 Å². The molecule has 29 heavy (non-hydrogen) atoms. The smallest absolute Gasteiger partial charge is 0.255 e. The molecular weight excluding hydrogens is 427 g/mol. The molecule has 2 N–H and O–H groups in total. The van der Waals surface area contributed by atoms with Gasteiger partial charge < -0.3 is 10.6 Å². The first-order valence-corrected chi connectivity index (χ1v) is 10.5. The minimum Gasteiger partial charge on any atom is -0.325 e. The molecule has 0 saturated carbocycles. The van der Waals surface area contributed by atoms with Crippen molar-refractivity contribution in [2.45, 2.75) is 11.8 Å². The van der Waals surface area contributed by atoms with Crippen LogP contribution in [0.3, 0.4) is 0 Å². The van der Waals surface area contributed by atoms with Gasteiger partial charge in [0.25, 0.3) is 5.91 Å². The molecule has 0 aliphatic heterocycles. The number of benzene rings is 3. The number of anilines is 2. The lowest BCUT2D eigenvalue weighted by Crippen LogP contribution is -2.14. The quantitative estimate of drug-likeness (QED) is 0.439. The van der Waals surface area contributed by atoms with E-state index in [9.17, 15) is 9.59 Å². The van der Waals surface area contributed by atoms with E-state index >= 15 is 0 Å². The molecule has 0 aliphatic rings. The van der Waals surface area contributed by atoms with Crippen LogP contribution < -0.4 is 10.6 Å². The first-order chi connectivity index (χ1) is 13.9. The Hall–Kier alpha value is -2.47. The lowest BCUT2D eigenvalue weighted by molar-refractivity contribution is -0.113. The highest BCUT2D eigenvalue weighted by Crippen LogP contribution is 2.24. The minimum absolute atomic E-state index is 0.159. The van der Waals surface area contributed by atoms with Gasteiger partial charge in [0, 0.05) is 31.9 Å². The standard InChI is InChI=1S/C22H18Cl2N2O2S/c1-14-3-2-4-15(9-14)22(28)26-18-5-7-20(8-6-18)29-13-21(27)25-19-11-16(23)10-17(24)12-19/h2-12H,13H2,1H3,(H,25,27)(H,26,28). The highest BCUT2D eigenvalue weighted by molar-refractivity contribution is 8.00. The van der Waals surface area contributed by atoms with Crippen molar-refractivity contribution in [1.29, 1.82) is 0 Å². The van der Waals surface area contributed by atoms with Gasteiger partial charge in [0.15, 0.2) is 0 Å². The Morgan fingerprint density at radius 2 is 1.55 bits per heavy atom. The fraction of sp³-hybridized carbons (Fsp3) is 0.0909. The Morgan fingerprint density at radius 3 is 2.21 bits per heavy atom. The lowest BCUT2D eigenvalue weighted by Gasteiger charge is -2.08. The van der Waals surface area contributed by atoms with Gasteiger partial charge in [0.1, 0.15) is 0 Å². The zero-order valence-electron chi connectivity index (χ0n) is 15.5. The van der Waals surface area contributed by atoms with Gasteiger partial charge >= 0.3 is 0 Å². The minimum atomic E-state index is -0.162. The van der Waals surface area contributed by atoms with Crippen LogP contribution >= 0.6 is 35.0 Å². The SMILES string of the molecule is Cc1cccc(C(=O)Nc2ccc(SCC(=O)Nc3cc(Cl)cc(Cl)c3)cc2)c1. The van der Waals surface area contributed by atoms with Crippen molar-refractivity contribution in [3.8, 4) is 0 Å². The number of rotatable bonds is 6. The zero-order chi connectivity index (χ0) is 20.8. The predicted octanol–water partition coefficient (Wildman–Crippen LogP) is 6.28. The molecule has 7 heteroatoms. The van der Waals surface area contributed by atoms with Crippen molar-refractivity contribution >= 4 is 58.2 Å². The molecule has 3 aromatic carbocycles. The number of hydrogen-bond acceptors (Lipinski definition) is 3. The molecule has 3 rings (SSSR count). The Balaban J connectivity index is 1.52. The molecule has 2 amide bonds. The van der Waals surface area contributed by atoms with E-state index in [1.54, 1.807) is 24.3 Å². The van der Waals surface area contributed by atoms with Crippen LogP contribution in [0.5, 0.6) is 0 Å². The first-order valence-electron chi connectivity index (χ1n) is 8.76. The number of halogens is 2. The zero-order valence-corrected chi connectivity index (χ0v) is 17.9. The average molecular weight is 445 g/mol. The van der Waals surface area contributed by atoms with Gasteiger partial charge in [-0.1, -0.05) is 40.9 Å². The van der Waals surface area contributed by atoms with E-state index in [2.05, 4.69) is 10.6 Å². The van der Waals surface area contributed by atoms with Gasteiger partial charge in [-0.05, 0) is 61.5 Å². The summed E-state index contributed by atoms with van der Waals surface area (Å²) in [4.78, 5) is 25.3. The van der Waals surface area contributed by atoms with Crippen LogP contribution in [-0.4, -0.2) is 17.6 Å². The summed E-state index contributed by atoms with van der Waals surface area (Å²) < 4.78 is 0. The maximum Gasteiger partial charge on any atom is 0.255 e. The van der Waals surface area contributed by atoms with Gasteiger partial charge in [0.2, 0.25) is 5.91 Å². The first kappa shape index (κ1) is 21.2. The second kappa shape index (κ2) is 9.83. The number of hydrogen-bond donors (Lipinski definition) is 2. The van der Waals surface area contributed by atoms with Crippen LogP contribution in [-0.2, 0) is 4.79 Å². The van der Waals surface area contributed by atoms with E-state index in [0.29, 0.717) is 27.0 Å². The molecule has 3 aromatic rings. The van der Waals surface area contributed by atoms with E-state index in [1.807, 2.05) is 49.4 Å². The largest absolute Gasteiger partial charge is 0.325 e. The van der Waals surface area contributed by atoms with Gasteiger partial charge in [-0.3, -0.25) is 9.59 Å². The summed E-state index contributed by atoms with van der Waals surface area (Å²) in [6.45, 7) is 1.94. The van der Waals surface area contributed by atoms with Gasteiger partial charge in [-0.2, -0.15) is 0 Å². The molecule has 0 spiro atoms. The molecule has 0 bridgehead atoms. The predicted molar refractivity (Wildman–Crippen MR) is 121 cm³/mol. The fourth-order valence-electron chi connectivity index (χ4n) is 2.60. The number of carbonyl (C=O) groups is 2. The van der Waals surface area contributed by atoms with E-state index in [0.717, 1.165) is 10.5 Å². The third-order valence-corrected chi connectivity index (χ3v) is 5.36. The maximum atomic E-state index is 12.3. The van der Waals surface area contributed by atoms with Gasteiger partial charge in [0.05, 0.1) is 5.75 Å².